The second-order valence-electron chi connectivity index (χ2n) is 3.69. The molecule has 1 N–H and O–H groups in total. The van der Waals surface area contributed by atoms with E-state index in [0.29, 0.717) is 23.3 Å². The molecule has 0 unspecified atom stereocenters. The molecule has 0 spiro atoms. The highest BCUT2D eigenvalue weighted by molar-refractivity contribution is 5.73. The van der Waals surface area contributed by atoms with Crippen molar-refractivity contribution in [2.24, 2.45) is 0 Å². The van der Waals surface area contributed by atoms with Crippen LogP contribution in [0.5, 0.6) is 0 Å². The van der Waals surface area contributed by atoms with Crippen molar-refractivity contribution in [1.82, 2.24) is 0 Å². The van der Waals surface area contributed by atoms with Gasteiger partial charge in [0.05, 0.1) is 31.3 Å². The van der Waals surface area contributed by atoms with Crippen molar-refractivity contribution in [1.29, 1.82) is 5.26 Å². The molecule has 1 aromatic rings. The van der Waals surface area contributed by atoms with Gasteiger partial charge in [0, 0.05) is 0 Å². The molecule has 0 saturated heterocycles. The maximum atomic E-state index is 11.4. The van der Waals surface area contributed by atoms with Crippen LogP contribution in [0, 0.1) is 18.3 Å². The first-order valence-electron chi connectivity index (χ1n) is 5.41. The molecule has 0 atom stereocenters. The monoisotopic (exact) mass is 233 g/mol. The number of aliphatic hydroxyl groups excluding tert-OH is 1. The highest BCUT2D eigenvalue weighted by Crippen LogP contribution is 2.17. The third-order valence-electron chi connectivity index (χ3n) is 2.48. The Kier molecular flexibility index (Phi) is 4.68. The molecular formula is C13H15NO3. The molecule has 0 amide bonds. The lowest BCUT2D eigenvalue weighted by Gasteiger charge is -2.09. The van der Waals surface area contributed by atoms with E-state index in [1.807, 2.05) is 0 Å². The molecule has 4 nitrogen and oxygen atoms in total. The van der Waals surface area contributed by atoms with Crippen LogP contribution in [-0.2, 0) is 22.6 Å². The van der Waals surface area contributed by atoms with Crippen molar-refractivity contribution in [3.63, 3.8) is 0 Å². The van der Waals surface area contributed by atoms with Crippen LogP contribution < -0.4 is 0 Å². The number of aliphatic hydroxyl groups is 1. The Balaban J connectivity index is 3.05. The molecular weight excluding hydrogens is 218 g/mol. The Morgan fingerprint density at radius 1 is 1.47 bits per heavy atom. The third kappa shape index (κ3) is 3.30. The van der Waals surface area contributed by atoms with E-state index in [2.05, 4.69) is 6.07 Å². The minimum absolute atomic E-state index is 0.0820. The standard InChI is InChI=1S/C13H15NO3/c1-3-17-13(16)6-10-5-11(7-14)9(2)4-12(10)8-15/h4-5,15H,3,6,8H2,1-2H3. The fraction of sp³-hybridized carbons (Fsp3) is 0.385. The topological polar surface area (TPSA) is 70.3 Å². The lowest BCUT2D eigenvalue weighted by atomic mass is 9.98. The van der Waals surface area contributed by atoms with E-state index < -0.39 is 0 Å². The number of carbonyl (C=O) groups is 1. The number of rotatable bonds is 4. The zero-order valence-corrected chi connectivity index (χ0v) is 9.99. The second-order valence-corrected chi connectivity index (χ2v) is 3.69. The lowest BCUT2D eigenvalue weighted by Crippen LogP contribution is -2.10. The molecule has 0 aliphatic carbocycles. The van der Waals surface area contributed by atoms with Crippen LogP contribution in [0.15, 0.2) is 12.1 Å². The molecule has 17 heavy (non-hydrogen) atoms. The fourth-order valence-corrected chi connectivity index (χ4v) is 1.61. The SMILES string of the molecule is CCOC(=O)Cc1cc(C#N)c(C)cc1CO. The molecule has 4 heteroatoms. The van der Waals surface area contributed by atoms with Gasteiger partial charge >= 0.3 is 5.97 Å². The van der Waals surface area contributed by atoms with Crippen molar-refractivity contribution in [2.45, 2.75) is 26.9 Å². The van der Waals surface area contributed by atoms with Gasteiger partial charge in [-0.3, -0.25) is 4.79 Å². The Labute approximate surface area is 100 Å². The number of carbonyl (C=O) groups excluding carboxylic acids is 1. The van der Waals surface area contributed by atoms with Gasteiger partial charge < -0.3 is 9.84 Å². The molecule has 0 radical (unpaired) electrons. The fourth-order valence-electron chi connectivity index (χ4n) is 1.61. The molecule has 0 aromatic heterocycles. The average Bonchev–Trinajstić information content (AvgIpc) is 2.31. The van der Waals surface area contributed by atoms with E-state index in [9.17, 15) is 9.90 Å². The summed E-state index contributed by atoms with van der Waals surface area (Å²) in [6.07, 6.45) is 0.0820. The predicted molar refractivity (Wildman–Crippen MR) is 62.2 cm³/mol. The first kappa shape index (κ1) is 13.2. The number of aryl methyl sites for hydroxylation is 1. The number of hydrogen-bond acceptors (Lipinski definition) is 4. The number of esters is 1. The van der Waals surface area contributed by atoms with Gasteiger partial charge in [0.2, 0.25) is 0 Å². The summed E-state index contributed by atoms with van der Waals surface area (Å²) < 4.78 is 4.85. The summed E-state index contributed by atoms with van der Waals surface area (Å²) in [6.45, 7) is 3.71. The van der Waals surface area contributed by atoms with Crippen LogP contribution in [0.1, 0.15) is 29.2 Å². The van der Waals surface area contributed by atoms with Gasteiger partial charge in [-0.1, -0.05) is 6.07 Å². The van der Waals surface area contributed by atoms with E-state index in [-0.39, 0.29) is 19.0 Å². The van der Waals surface area contributed by atoms with Gasteiger partial charge in [0.1, 0.15) is 0 Å². The van der Waals surface area contributed by atoms with Gasteiger partial charge in [-0.15, -0.1) is 0 Å². The minimum Gasteiger partial charge on any atom is -0.466 e. The average molecular weight is 233 g/mol. The summed E-state index contributed by atoms with van der Waals surface area (Å²) in [7, 11) is 0. The third-order valence-corrected chi connectivity index (χ3v) is 2.48. The molecule has 0 fully saturated rings. The Morgan fingerprint density at radius 3 is 2.71 bits per heavy atom. The summed E-state index contributed by atoms with van der Waals surface area (Å²) in [5.41, 5.74) is 2.62. The van der Waals surface area contributed by atoms with Crippen molar-refractivity contribution in [3.8, 4) is 6.07 Å². The van der Waals surface area contributed by atoms with Crippen LogP contribution in [0.25, 0.3) is 0 Å². The first-order chi connectivity index (χ1) is 8.12. The highest BCUT2D eigenvalue weighted by Gasteiger charge is 2.11. The zero-order valence-electron chi connectivity index (χ0n) is 9.99. The minimum atomic E-state index is -0.352. The maximum absolute atomic E-state index is 11.4. The summed E-state index contributed by atoms with van der Waals surface area (Å²) in [5.74, 6) is -0.352. The quantitative estimate of drug-likeness (QED) is 0.799. The highest BCUT2D eigenvalue weighted by atomic mass is 16.5. The number of nitriles is 1. The normalized spacial score (nSPS) is 9.76. The van der Waals surface area contributed by atoms with Gasteiger partial charge in [0.25, 0.3) is 0 Å². The number of nitrogens with zero attached hydrogens (tertiary/aromatic N) is 1. The summed E-state index contributed by atoms with van der Waals surface area (Å²) in [5, 5.41) is 18.1. The molecule has 0 aliphatic heterocycles. The smallest absolute Gasteiger partial charge is 0.310 e. The summed E-state index contributed by atoms with van der Waals surface area (Å²) >= 11 is 0. The van der Waals surface area contributed by atoms with E-state index in [4.69, 9.17) is 10.00 Å². The van der Waals surface area contributed by atoms with Crippen molar-refractivity contribution in [2.75, 3.05) is 6.61 Å². The Bertz CT molecular complexity index is 460. The second kappa shape index (κ2) is 6.02. The molecule has 0 aliphatic rings. The Hall–Kier alpha value is -1.86. The maximum Gasteiger partial charge on any atom is 0.310 e. The van der Waals surface area contributed by atoms with E-state index in [0.717, 1.165) is 5.56 Å². The molecule has 0 saturated carbocycles. The van der Waals surface area contributed by atoms with E-state index >= 15 is 0 Å². The summed E-state index contributed by atoms with van der Waals surface area (Å²) in [6, 6.07) is 5.42. The first-order valence-corrected chi connectivity index (χ1v) is 5.41. The Morgan fingerprint density at radius 2 is 2.18 bits per heavy atom. The van der Waals surface area contributed by atoms with Crippen LogP contribution in [-0.4, -0.2) is 17.7 Å². The number of hydrogen-bond donors (Lipinski definition) is 1. The number of ether oxygens (including phenoxy) is 1. The zero-order chi connectivity index (χ0) is 12.8. The summed E-state index contributed by atoms with van der Waals surface area (Å²) in [4.78, 5) is 11.4. The molecule has 1 rings (SSSR count). The van der Waals surface area contributed by atoms with Crippen molar-refractivity contribution < 1.29 is 14.6 Å². The van der Waals surface area contributed by atoms with E-state index in [1.165, 1.54) is 0 Å². The molecule has 1 aromatic carbocycles. The van der Waals surface area contributed by atoms with Crippen LogP contribution in [0.2, 0.25) is 0 Å². The van der Waals surface area contributed by atoms with Gasteiger partial charge in [-0.05, 0) is 36.6 Å². The van der Waals surface area contributed by atoms with Gasteiger partial charge in [-0.25, -0.2) is 0 Å². The van der Waals surface area contributed by atoms with Gasteiger partial charge in [0.15, 0.2) is 0 Å². The van der Waals surface area contributed by atoms with Crippen LogP contribution in [0.3, 0.4) is 0 Å². The predicted octanol–water partition coefficient (Wildman–Crippen LogP) is 1.46. The van der Waals surface area contributed by atoms with Gasteiger partial charge in [-0.2, -0.15) is 5.26 Å². The number of benzene rings is 1. The molecule has 90 valence electrons. The van der Waals surface area contributed by atoms with Crippen molar-refractivity contribution in [3.05, 3.63) is 34.4 Å². The van der Waals surface area contributed by atoms with E-state index in [1.54, 1.807) is 26.0 Å². The van der Waals surface area contributed by atoms with Crippen LogP contribution in [0.4, 0.5) is 0 Å². The van der Waals surface area contributed by atoms with Crippen LogP contribution >= 0.6 is 0 Å². The molecule has 0 heterocycles. The largest absolute Gasteiger partial charge is 0.466 e. The molecule has 0 bridgehead atoms. The van der Waals surface area contributed by atoms with Crippen molar-refractivity contribution >= 4 is 5.97 Å². The lowest BCUT2D eigenvalue weighted by molar-refractivity contribution is -0.142.